The third-order valence-electron chi connectivity index (χ3n) is 7.32. The number of rotatable bonds is 12. The molecule has 0 bridgehead atoms. The van der Waals surface area contributed by atoms with Crippen LogP contribution in [0.5, 0.6) is 17.2 Å². The topological polar surface area (TPSA) is 166 Å². The van der Waals surface area contributed by atoms with Crippen LogP contribution < -0.4 is 29.7 Å². The number of hydrogen-bond acceptors (Lipinski definition) is 10. The molecule has 49 heavy (non-hydrogen) atoms. The number of nitrogens with one attached hydrogen (secondary N) is 2. The Bertz CT molecular complexity index is 1920. The van der Waals surface area contributed by atoms with E-state index in [1.165, 1.54) is 51.7 Å². The summed E-state index contributed by atoms with van der Waals surface area (Å²) in [6, 6.07) is 23.5. The molecule has 14 heteroatoms. The number of carbonyl (C=O) groups is 4. The SMILES string of the molecule is COc1cc(/C=C(\NC(=O)c2ccccc2)C(=O)Nc2cccc(S[C@H]3CC(=O)N(c4ccc([N+](=O)[O-])cc4)C3=O)c2)cc(OC)c1OC. The second kappa shape index (κ2) is 15.2. The van der Waals surface area contributed by atoms with E-state index in [9.17, 15) is 29.3 Å². The van der Waals surface area contributed by atoms with Gasteiger partial charge in [-0.25, -0.2) is 4.90 Å². The summed E-state index contributed by atoms with van der Waals surface area (Å²) in [5, 5.41) is 15.7. The molecule has 1 saturated heterocycles. The zero-order valence-corrected chi connectivity index (χ0v) is 27.3. The molecule has 1 atom stereocenters. The molecule has 0 aromatic heterocycles. The van der Waals surface area contributed by atoms with Crippen molar-refractivity contribution in [2.75, 3.05) is 31.5 Å². The number of thioether (sulfide) groups is 1. The number of anilines is 2. The van der Waals surface area contributed by atoms with Gasteiger partial charge >= 0.3 is 0 Å². The fourth-order valence-corrected chi connectivity index (χ4v) is 6.11. The molecule has 0 spiro atoms. The van der Waals surface area contributed by atoms with Crippen molar-refractivity contribution < 1.29 is 38.3 Å². The average molecular weight is 683 g/mol. The van der Waals surface area contributed by atoms with E-state index in [2.05, 4.69) is 10.6 Å². The van der Waals surface area contributed by atoms with Crippen molar-refractivity contribution in [2.45, 2.75) is 16.6 Å². The Balaban J connectivity index is 1.37. The van der Waals surface area contributed by atoms with Gasteiger partial charge in [0, 0.05) is 34.7 Å². The van der Waals surface area contributed by atoms with Crippen LogP contribution in [-0.2, 0) is 14.4 Å². The molecule has 0 saturated carbocycles. The Morgan fingerprint density at radius 1 is 0.898 bits per heavy atom. The summed E-state index contributed by atoms with van der Waals surface area (Å²) in [5.74, 6) is -1.00. The molecule has 4 amide bonds. The van der Waals surface area contributed by atoms with E-state index >= 15 is 0 Å². The molecule has 13 nitrogen and oxygen atoms in total. The van der Waals surface area contributed by atoms with E-state index in [0.29, 0.717) is 39.0 Å². The van der Waals surface area contributed by atoms with Crippen molar-refractivity contribution in [1.29, 1.82) is 0 Å². The quantitative estimate of drug-likeness (QED) is 0.0849. The lowest BCUT2D eigenvalue weighted by molar-refractivity contribution is -0.384. The molecule has 4 aromatic rings. The van der Waals surface area contributed by atoms with Crippen LogP contribution in [-0.4, -0.2) is 55.1 Å². The van der Waals surface area contributed by atoms with E-state index in [1.54, 1.807) is 66.7 Å². The van der Waals surface area contributed by atoms with Gasteiger partial charge in [-0.3, -0.25) is 29.3 Å². The van der Waals surface area contributed by atoms with Crippen molar-refractivity contribution in [2.24, 2.45) is 0 Å². The normalized spacial score (nSPS) is 14.3. The van der Waals surface area contributed by atoms with Gasteiger partial charge in [0.25, 0.3) is 17.5 Å². The van der Waals surface area contributed by atoms with Gasteiger partial charge in [0.15, 0.2) is 11.5 Å². The van der Waals surface area contributed by atoms with E-state index in [4.69, 9.17) is 14.2 Å². The summed E-state index contributed by atoms with van der Waals surface area (Å²) >= 11 is 1.15. The molecule has 2 N–H and O–H groups in total. The van der Waals surface area contributed by atoms with E-state index in [-0.39, 0.29) is 23.5 Å². The predicted molar refractivity (Wildman–Crippen MR) is 183 cm³/mol. The molecule has 1 aliphatic rings. The second-order valence-electron chi connectivity index (χ2n) is 10.5. The third-order valence-corrected chi connectivity index (χ3v) is 8.50. The first kappa shape index (κ1) is 34.2. The maximum Gasteiger partial charge on any atom is 0.272 e. The molecule has 5 rings (SSSR count). The number of non-ortho nitro benzene ring substituents is 1. The van der Waals surface area contributed by atoms with Crippen LogP contribution in [0.4, 0.5) is 17.1 Å². The molecule has 0 aliphatic carbocycles. The number of benzene rings is 4. The minimum atomic E-state index is -0.755. The van der Waals surface area contributed by atoms with Gasteiger partial charge in [-0.2, -0.15) is 0 Å². The summed E-state index contributed by atoms with van der Waals surface area (Å²) in [4.78, 5) is 64.9. The monoisotopic (exact) mass is 682 g/mol. The lowest BCUT2D eigenvalue weighted by Crippen LogP contribution is -2.31. The van der Waals surface area contributed by atoms with Gasteiger partial charge in [-0.05, 0) is 66.2 Å². The number of methoxy groups -OCH3 is 3. The number of nitrogens with zero attached hydrogens (tertiary/aromatic N) is 2. The van der Waals surface area contributed by atoms with Crippen LogP contribution in [0.25, 0.3) is 6.08 Å². The van der Waals surface area contributed by atoms with E-state index in [0.717, 1.165) is 16.7 Å². The maximum atomic E-state index is 13.7. The largest absolute Gasteiger partial charge is 0.493 e. The standard InChI is InChI=1S/C35H30N4O9S/c1-46-28-17-21(18-29(47-2)32(28)48-3)16-27(37-33(41)22-8-5-4-6-9-22)34(42)36-23-10-7-11-26(19-23)49-30-20-31(40)38(35(30)43)24-12-14-25(15-13-24)39(44)45/h4-19,30H,20H2,1-3H3,(H,36,42)(H,37,41)/b27-16-/t30-/m0/s1. The van der Waals surface area contributed by atoms with Gasteiger partial charge in [0.2, 0.25) is 17.6 Å². The van der Waals surface area contributed by atoms with Crippen LogP contribution in [0.1, 0.15) is 22.3 Å². The van der Waals surface area contributed by atoms with Gasteiger partial charge in [0.05, 0.1) is 37.2 Å². The number of amides is 4. The molecule has 1 fully saturated rings. The van der Waals surface area contributed by atoms with Gasteiger partial charge < -0.3 is 24.8 Å². The Kier molecular flexibility index (Phi) is 10.6. The number of imide groups is 1. The summed E-state index contributed by atoms with van der Waals surface area (Å²) in [7, 11) is 4.39. The smallest absolute Gasteiger partial charge is 0.272 e. The van der Waals surface area contributed by atoms with Gasteiger partial charge in [-0.1, -0.05) is 24.3 Å². The molecular weight excluding hydrogens is 652 g/mol. The highest BCUT2D eigenvalue weighted by molar-refractivity contribution is 8.00. The molecule has 0 unspecified atom stereocenters. The summed E-state index contributed by atoms with van der Waals surface area (Å²) in [6.07, 6.45) is 1.39. The van der Waals surface area contributed by atoms with Crippen molar-refractivity contribution in [3.63, 3.8) is 0 Å². The Hall–Kier alpha value is -6.15. The fourth-order valence-electron chi connectivity index (χ4n) is 4.99. The molecule has 1 aliphatic heterocycles. The number of carbonyl (C=O) groups excluding carboxylic acids is 4. The van der Waals surface area contributed by atoms with Crippen molar-refractivity contribution >= 4 is 58.5 Å². The zero-order valence-electron chi connectivity index (χ0n) is 26.5. The van der Waals surface area contributed by atoms with Crippen LogP contribution in [0.15, 0.2) is 102 Å². The summed E-state index contributed by atoms with van der Waals surface area (Å²) in [5.41, 5.74) is 1.17. The molecule has 4 aromatic carbocycles. The van der Waals surface area contributed by atoms with Crippen molar-refractivity contribution in [3.8, 4) is 17.2 Å². The summed E-state index contributed by atoms with van der Waals surface area (Å²) < 4.78 is 16.3. The Labute approximate surface area is 285 Å². The number of ether oxygens (including phenoxy) is 3. The number of nitro benzene ring substituents is 1. The third kappa shape index (κ3) is 7.88. The lowest BCUT2D eigenvalue weighted by atomic mass is 10.1. The maximum absolute atomic E-state index is 13.7. The van der Waals surface area contributed by atoms with E-state index in [1.807, 2.05) is 0 Å². The highest BCUT2D eigenvalue weighted by Crippen LogP contribution is 2.39. The van der Waals surface area contributed by atoms with Crippen LogP contribution >= 0.6 is 11.8 Å². The lowest BCUT2D eigenvalue weighted by Gasteiger charge is -2.15. The van der Waals surface area contributed by atoms with Gasteiger partial charge in [-0.15, -0.1) is 11.8 Å². The van der Waals surface area contributed by atoms with Crippen LogP contribution in [0, 0.1) is 10.1 Å². The number of hydrogen-bond donors (Lipinski definition) is 2. The first-order valence-electron chi connectivity index (χ1n) is 14.7. The van der Waals surface area contributed by atoms with Gasteiger partial charge in [0.1, 0.15) is 5.70 Å². The molecule has 250 valence electrons. The van der Waals surface area contributed by atoms with Crippen LogP contribution in [0.3, 0.4) is 0 Å². The highest BCUT2D eigenvalue weighted by atomic mass is 32.2. The minimum absolute atomic E-state index is 0.0791. The Morgan fingerprint density at radius 2 is 1.57 bits per heavy atom. The fraction of sp³-hybridized carbons (Fsp3) is 0.143. The molecule has 0 radical (unpaired) electrons. The summed E-state index contributed by atoms with van der Waals surface area (Å²) in [6.45, 7) is 0. The molecular formula is C35H30N4O9S. The van der Waals surface area contributed by atoms with Crippen LogP contribution in [0.2, 0.25) is 0 Å². The first-order chi connectivity index (χ1) is 23.6. The highest BCUT2D eigenvalue weighted by Gasteiger charge is 2.40. The average Bonchev–Trinajstić information content (AvgIpc) is 3.39. The second-order valence-corrected chi connectivity index (χ2v) is 11.7. The van der Waals surface area contributed by atoms with Crippen molar-refractivity contribution in [3.05, 3.63) is 118 Å². The van der Waals surface area contributed by atoms with Crippen molar-refractivity contribution in [1.82, 2.24) is 5.32 Å². The number of nitro groups is 1. The predicted octanol–water partition coefficient (Wildman–Crippen LogP) is 5.45. The first-order valence-corrected chi connectivity index (χ1v) is 15.6. The minimum Gasteiger partial charge on any atom is -0.493 e. The molecule has 1 heterocycles. The Morgan fingerprint density at radius 3 is 2.18 bits per heavy atom. The van der Waals surface area contributed by atoms with E-state index < -0.39 is 33.8 Å². The zero-order chi connectivity index (χ0) is 35.1.